The molecule has 2 aliphatic rings. The largest absolute Gasteiger partial charge is 0.486 e. The van der Waals surface area contributed by atoms with E-state index in [1.54, 1.807) is 0 Å². The highest BCUT2D eigenvalue weighted by molar-refractivity contribution is 9.10. The molecule has 1 N–H and O–H groups in total. The van der Waals surface area contributed by atoms with Gasteiger partial charge in [0.15, 0.2) is 11.5 Å². The Hall–Kier alpha value is -1.63. The molecule has 1 aromatic heterocycles. The summed E-state index contributed by atoms with van der Waals surface area (Å²) < 4.78 is 12.4. The maximum atomic E-state index is 5.75. The predicted molar refractivity (Wildman–Crippen MR) is 95.4 cm³/mol. The van der Waals surface area contributed by atoms with Crippen LogP contribution in [0.4, 0.5) is 0 Å². The number of fused-ring (bicyclic) bond motifs is 1. The molecule has 2 aliphatic heterocycles. The second-order valence-electron chi connectivity index (χ2n) is 6.07. The van der Waals surface area contributed by atoms with Gasteiger partial charge in [-0.1, -0.05) is 0 Å². The fourth-order valence-corrected chi connectivity index (χ4v) is 3.94. The van der Waals surface area contributed by atoms with Crippen LogP contribution < -0.4 is 14.8 Å². The number of halogens is 1. The van der Waals surface area contributed by atoms with Gasteiger partial charge in [-0.15, -0.1) is 0 Å². The van der Waals surface area contributed by atoms with E-state index in [9.17, 15) is 0 Å². The fourth-order valence-electron chi connectivity index (χ4n) is 3.34. The summed E-state index contributed by atoms with van der Waals surface area (Å²) in [7, 11) is 0. The normalized spacial score (nSPS) is 20.8. The van der Waals surface area contributed by atoms with Gasteiger partial charge in [-0.25, -0.2) is 0 Å². The maximum Gasteiger partial charge on any atom is 0.175 e. The molecule has 2 aromatic rings. The van der Waals surface area contributed by atoms with Crippen LogP contribution in [0.5, 0.6) is 11.5 Å². The molecule has 1 unspecified atom stereocenters. The first-order valence-electron chi connectivity index (χ1n) is 8.24. The summed E-state index contributed by atoms with van der Waals surface area (Å²) in [6.45, 7) is 5.06. The topological polar surface area (TPSA) is 46.6 Å². The van der Waals surface area contributed by atoms with Crippen LogP contribution in [0.15, 0.2) is 41.1 Å². The smallest absolute Gasteiger partial charge is 0.175 e. The monoisotopic (exact) mass is 389 g/mol. The summed E-state index contributed by atoms with van der Waals surface area (Å²) >= 11 is 3.61. The molecule has 0 amide bonds. The number of rotatable bonds is 3. The minimum Gasteiger partial charge on any atom is -0.486 e. The lowest BCUT2D eigenvalue weighted by atomic mass is 10.0. The highest BCUT2D eigenvalue weighted by Gasteiger charge is 2.25. The van der Waals surface area contributed by atoms with Crippen molar-refractivity contribution < 1.29 is 9.47 Å². The zero-order chi connectivity index (χ0) is 16.4. The van der Waals surface area contributed by atoms with E-state index in [4.69, 9.17) is 9.47 Å². The second kappa shape index (κ2) is 7.09. The van der Waals surface area contributed by atoms with Gasteiger partial charge in [0.2, 0.25) is 0 Å². The van der Waals surface area contributed by atoms with Crippen molar-refractivity contribution in [3.63, 3.8) is 0 Å². The number of aromatic nitrogens is 1. The number of hydrogen-bond acceptors (Lipinski definition) is 5. The van der Waals surface area contributed by atoms with Gasteiger partial charge in [-0.3, -0.25) is 9.88 Å². The van der Waals surface area contributed by atoms with Crippen LogP contribution in [-0.4, -0.2) is 42.7 Å². The van der Waals surface area contributed by atoms with Crippen LogP contribution >= 0.6 is 15.9 Å². The molecule has 1 atom stereocenters. The SMILES string of the molecule is Brc1cc(CN2CCNCC2c2ccncc2)cc2c1OCCO2. The Bertz CT molecular complexity index is 711. The van der Waals surface area contributed by atoms with Crippen LogP contribution in [0.25, 0.3) is 0 Å². The van der Waals surface area contributed by atoms with Gasteiger partial charge < -0.3 is 14.8 Å². The van der Waals surface area contributed by atoms with Crippen LogP contribution in [-0.2, 0) is 6.54 Å². The third kappa shape index (κ3) is 3.27. The Morgan fingerprint density at radius 2 is 2.04 bits per heavy atom. The molecule has 1 saturated heterocycles. The summed E-state index contributed by atoms with van der Waals surface area (Å²) in [5.74, 6) is 1.65. The summed E-state index contributed by atoms with van der Waals surface area (Å²) in [5, 5.41) is 3.49. The molecule has 1 aromatic carbocycles. The van der Waals surface area contributed by atoms with Gasteiger partial charge in [-0.2, -0.15) is 0 Å². The van der Waals surface area contributed by atoms with Gasteiger partial charge in [0.05, 0.1) is 4.47 Å². The van der Waals surface area contributed by atoms with Crippen molar-refractivity contribution in [2.75, 3.05) is 32.8 Å². The molecule has 3 heterocycles. The van der Waals surface area contributed by atoms with Crippen LogP contribution in [0.3, 0.4) is 0 Å². The molecular formula is C18H20BrN3O2. The minimum atomic E-state index is 0.355. The van der Waals surface area contributed by atoms with Gasteiger partial charge >= 0.3 is 0 Å². The van der Waals surface area contributed by atoms with Crippen molar-refractivity contribution in [1.29, 1.82) is 0 Å². The van der Waals surface area contributed by atoms with E-state index >= 15 is 0 Å². The number of benzene rings is 1. The van der Waals surface area contributed by atoms with E-state index in [0.29, 0.717) is 19.3 Å². The van der Waals surface area contributed by atoms with Crippen LogP contribution in [0.1, 0.15) is 17.2 Å². The fraction of sp³-hybridized carbons (Fsp3) is 0.389. The number of nitrogens with one attached hydrogen (secondary N) is 1. The lowest BCUT2D eigenvalue weighted by Gasteiger charge is -2.36. The number of piperazine rings is 1. The molecule has 126 valence electrons. The lowest BCUT2D eigenvalue weighted by molar-refractivity contribution is 0.151. The van der Waals surface area contributed by atoms with Crippen molar-refractivity contribution in [1.82, 2.24) is 15.2 Å². The van der Waals surface area contributed by atoms with E-state index in [1.165, 1.54) is 11.1 Å². The molecule has 24 heavy (non-hydrogen) atoms. The minimum absolute atomic E-state index is 0.355. The zero-order valence-electron chi connectivity index (χ0n) is 13.4. The van der Waals surface area contributed by atoms with E-state index in [1.807, 2.05) is 12.4 Å². The van der Waals surface area contributed by atoms with E-state index in [2.05, 4.69) is 55.4 Å². The van der Waals surface area contributed by atoms with Gasteiger partial charge in [-0.05, 0) is 51.3 Å². The highest BCUT2D eigenvalue weighted by atomic mass is 79.9. The zero-order valence-corrected chi connectivity index (χ0v) is 15.0. The van der Waals surface area contributed by atoms with Crippen molar-refractivity contribution in [3.05, 3.63) is 52.3 Å². The Labute approximate surface area is 150 Å². The van der Waals surface area contributed by atoms with Crippen molar-refractivity contribution in [2.24, 2.45) is 0 Å². The first kappa shape index (κ1) is 15.9. The molecule has 0 bridgehead atoms. The molecular weight excluding hydrogens is 370 g/mol. The van der Waals surface area contributed by atoms with E-state index in [0.717, 1.165) is 42.2 Å². The Morgan fingerprint density at radius 1 is 1.21 bits per heavy atom. The van der Waals surface area contributed by atoms with Crippen molar-refractivity contribution in [3.8, 4) is 11.5 Å². The predicted octanol–water partition coefficient (Wildman–Crippen LogP) is 2.76. The number of hydrogen-bond donors (Lipinski definition) is 1. The molecule has 6 heteroatoms. The molecule has 0 spiro atoms. The summed E-state index contributed by atoms with van der Waals surface area (Å²) in [6, 6.07) is 8.80. The third-order valence-corrected chi connectivity index (χ3v) is 5.08. The van der Waals surface area contributed by atoms with Gasteiger partial charge in [0.1, 0.15) is 13.2 Å². The van der Waals surface area contributed by atoms with Gasteiger partial charge in [0.25, 0.3) is 0 Å². The quantitative estimate of drug-likeness (QED) is 0.874. The summed E-state index contributed by atoms with van der Waals surface area (Å²) in [5.41, 5.74) is 2.53. The standard InChI is InChI=1S/C18H20BrN3O2/c19-15-9-13(10-17-18(15)24-8-7-23-17)12-22-6-5-21-11-16(22)14-1-3-20-4-2-14/h1-4,9-10,16,21H,5-8,11-12H2. The Kier molecular flexibility index (Phi) is 4.69. The highest BCUT2D eigenvalue weighted by Crippen LogP contribution is 2.39. The average Bonchev–Trinajstić information content (AvgIpc) is 2.63. The van der Waals surface area contributed by atoms with Gasteiger partial charge in [0, 0.05) is 44.6 Å². The van der Waals surface area contributed by atoms with Crippen molar-refractivity contribution in [2.45, 2.75) is 12.6 Å². The maximum absolute atomic E-state index is 5.75. The second-order valence-corrected chi connectivity index (χ2v) is 6.93. The molecule has 5 nitrogen and oxygen atoms in total. The Morgan fingerprint density at radius 3 is 2.92 bits per heavy atom. The lowest BCUT2D eigenvalue weighted by Crippen LogP contribution is -2.45. The molecule has 0 saturated carbocycles. The summed E-state index contributed by atoms with van der Waals surface area (Å²) in [6.07, 6.45) is 3.73. The van der Waals surface area contributed by atoms with Crippen molar-refractivity contribution >= 4 is 15.9 Å². The van der Waals surface area contributed by atoms with Crippen LogP contribution in [0, 0.1) is 0 Å². The number of ether oxygens (including phenoxy) is 2. The van der Waals surface area contributed by atoms with E-state index < -0.39 is 0 Å². The average molecular weight is 390 g/mol. The number of pyridine rings is 1. The first-order valence-corrected chi connectivity index (χ1v) is 9.03. The molecule has 4 rings (SSSR count). The first-order chi connectivity index (χ1) is 11.8. The Balaban J connectivity index is 1.58. The molecule has 1 fully saturated rings. The summed E-state index contributed by atoms with van der Waals surface area (Å²) in [4.78, 5) is 6.64. The number of nitrogens with zero attached hydrogens (tertiary/aromatic N) is 2. The molecule has 0 radical (unpaired) electrons. The van der Waals surface area contributed by atoms with Crippen LogP contribution in [0.2, 0.25) is 0 Å². The third-order valence-electron chi connectivity index (χ3n) is 4.49. The van der Waals surface area contributed by atoms with E-state index in [-0.39, 0.29) is 0 Å². The molecule has 0 aliphatic carbocycles.